The van der Waals surface area contributed by atoms with Crippen LogP contribution in [0.5, 0.6) is 0 Å². The van der Waals surface area contributed by atoms with Crippen molar-refractivity contribution in [3.8, 4) is 0 Å². The van der Waals surface area contributed by atoms with Gasteiger partial charge in [0, 0.05) is 19.3 Å². The number of allylic oxidation sites excluding steroid dienone is 12. The fourth-order valence-corrected chi connectivity index (χ4v) is 9.88. The summed E-state index contributed by atoms with van der Waals surface area (Å²) in [5.74, 6) is -0.857. The minimum Gasteiger partial charge on any atom is -0.462 e. The molecule has 0 fully saturated rings. The predicted octanol–water partition coefficient (Wildman–Crippen LogP) is 23.3. The molecule has 0 aromatic rings. The lowest BCUT2D eigenvalue weighted by molar-refractivity contribution is -0.167. The highest BCUT2D eigenvalue weighted by Crippen LogP contribution is 2.17. The van der Waals surface area contributed by atoms with E-state index in [0.29, 0.717) is 19.3 Å². The number of hydrogen-bond acceptors (Lipinski definition) is 6. The molecule has 0 bridgehead atoms. The Kier molecular flexibility index (Phi) is 63.7. The quantitative estimate of drug-likeness (QED) is 0.0261. The summed E-state index contributed by atoms with van der Waals surface area (Å²) < 4.78 is 17.0. The highest BCUT2D eigenvalue weighted by molar-refractivity contribution is 5.71. The molecule has 1 atom stereocenters. The molecule has 1 unspecified atom stereocenters. The van der Waals surface area contributed by atoms with Gasteiger partial charge in [-0.05, 0) is 89.9 Å². The summed E-state index contributed by atoms with van der Waals surface area (Å²) in [6.45, 7) is 6.55. The van der Waals surface area contributed by atoms with Gasteiger partial charge in [0.2, 0.25) is 0 Å². The van der Waals surface area contributed by atoms with E-state index in [2.05, 4.69) is 93.7 Å². The van der Waals surface area contributed by atoms with Crippen LogP contribution >= 0.6 is 0 Å². The Balaban J connectivity index is 4.27. The van der Waals surface area contributed by atoms with E-state index in [-0.39, 0.29) is 31.1 Å². The molecule has 0 radical (unpaired) electrons. The molecule has 0 rings (SSSR count). The maximum atomic E-state index is 12.9. The van der Waals surface area contributed by atoms with Crippen molar-refractivity contribution in [2.75, 3.05) is 13.2 Å². The zero-order valence-corrected chi connectivity index (χ0v) is 51.9. The van der Waals surface area contributed by atoms with Crippen molar-refractivity contribution in [2.45, 2.75) is 354 Å². The van der Waals surface area contributed by atoms with Crippen molar-refractivity contribution in [1.82, 2.24) is 0 Å². The molecule has 6 nitrogen and oxygen atoms in total. The summed E-state index contributed by atoms with van der Waals surface area (Å²) in [6.07, 6.45) is 86.3. The van der Waals surface area contributed by atoms with E-state index in [1.807, 2.05) is 0 Å². The minimum atomic E-state index is -0.776. The molecule has 452 valence electrons. The number of carbonyl (C=O) groups excluding carboxylic acids is 3. The lowest BCUT2D eigenvalue weighted by atomic mass is 10.0. The molecule has 0 aliphatic heterocycles. The van der Waals surface area contributed by atoms with Gasteiger partial charge in [-0.3, -0.25) is 14.4 Å². The normalized spacial score (nSPS) is 12.5. The second-order valence-electron chi connectivity index (χ2n) is 22.7. The van der Waals surface area contributed by atoms with Gasteiger partial charge in [0.1, 0.15) is 13.2 Å². The van der Waals surface area contributed by atoms with E-state index in [1.165, 1.54) is 218 Å². The van der Waals surface area contributed by atoms with Crippen molar-refractivity contribution in [1.29, 1.82) is 0 Å². The molecule has 0 amide bonds. The molecule has 0 spiro atoms. The zero-order chi connectivity index (χ0) is 56.4. The number of esters is 3. The fourth-order valence-electron chi connectivity index (χ4n) is 9.88. The monoisotopic (exact) mass is 1090 g/mol. The van der Waals surface area contributed by atoms with E-state index in [9.17, 15) is 14.4 Å². The van der Waals surface area contributed by atoms with E-state index >= 15 is 0 Å². The minimum absolute atomic E-state index is 0.0724. The number of ether oxygens (including phenoxy) is 3. The van der Waals surface area contributed by atoms with Crippen molar-refractivity contribution < 1.29 is 28.6 Å². The highest BCUT2D eigenvalue weighted by atomic mass is 16.6. The molecule has 0 saturated heterocycles. The second-order valence-corrected chi connectivity index (χ2v) is 22.7. The topological polar surface area (TPSA) is 78.9 Å². The molecule has 0 aromatic heterocycles. The molecule has 0 aliphatic carbocycles. The summed E-state index contributed by atoms with van der Waals surface area (Å²) in [6, 6.07) is 0. The van der Waals surface area contributed by atoms with Gasteiger partial charge in [-0.15, -0.1) is 0 Å². The maximum absolute atomic E-state index is 12.9. The molecular weight excluding hydrogens is 961 g/mol. The average Bonchev–Trinajstić information content (AvgIpc) is 3.44. The van der Waals surface area contributed by atoms with Gasteiger partial charge in [0.15, 0.2) is 6.10 Å². The van der Waals surface area contributed by atoms with E-state index < -0.39 is 6.10 Å². The molecule has 6 heteroatoms. The van der Waals surface area contributed by atoms with Gasteiger partial charge >= 0.3 is 17.9 Å². The first kappa shape index (κ1) is 74.8. The van der Waals surface area contributed by atoms with Crippen LogP contribution in [0.4, 0.5) is 0 Å². The van der Waals surface area contributed by atoms with Gasteiger partial charge in [-0.1, -0.05) is 312 Å². The Morgan fingerprint density at radius 2 is 0.500 bits per heavy atom. The van der Waals surface area contributed by atoms with Crippen LogP contribution in [0.3, 0.4) is 0 Å². The van der Waals surface area contributed by atoms with Crippen LogP contribution in [-0.4, -0.2) is 37.2 Å². The summed E-state index contributed by atoms with van der Waals surface area (Å²) in [4.78, 5) is 38.4. The maximum Gasteiger partial charge on any atom is 0.306 e. The van der Waals surface area contributed by atoms with E-state index in [1.54, 1.807) is 0 Å². The first-order valence-corrected chi connectivity index (χ1v) is 33.9. The van der Waals surface area contributed by atoms with Crippen LogP contribution < -0.4 is 0 Å². The predicted molar refractivity (Wildman–Crippen MR) is 339 cm³/mol. The lowest BCUT2D eigenvalue weighted by Gasteiger charge is -2.18. The van der Waals surface area contributed by atoms with Crippen LogP contribution in [0.1, 0.15) is 348 Å². The summed E-state index contributed by atoms with van der Waals surface area (Å²) in [5.41, 5.74) is 0. The van der Waals surface area contributed by atoms with E-state index in [0.717, 1.165) is 89.9 Å². The van der Waals surface area contributed by atoms with Crippen molar-refractivity contribution in [3.05, 3.63) is 72.9 Å². The molecule has 0 aliphatic rings. The first-order valence-electron chi connectivity index (χ1n) is 33.9. The third-order valence-corrected chi connectivity index (χ3v) is 14.9. The Labute approximate surface area is 484 Å². The number of rotatable bonds is 62. The van der Waals surface area contributed by atoms with Gasteiger partial charge in [0.25, 0.3) is 0 Å². The van der Waals surface area contributed by atoms with Gasteiger partial charge in [-0.25, -0.2) is 0 Å². The summed E-state index contributed by atoms with van der Waals surface area (Å²) in [5, 5.41) is 0. The molecular formula is C72H128O6. The van der Waals surface area contributed by atoms with Crippen molar-refractivity contribution in [2.24, 2.45) is 0 Å². The van der Waals surface area contributed by atoms with E-state index in [4.69, 9.17) is 14.2 Å². The second kappa shape index (κ2) is 66.4. The summed E-state index contributed by atoms with van der Waals surface area (Å²) in [7, 11) is 0. The largest absolute Gasteiger partial charge is 0.462 e. The van der Waals surface area contributed by atoms with Crippen molar-refractivity contribution >= 4 is 17.9 Å². The third kappa shape index (κ3) is 63.7. The lowest BCUT2D eigenvalue weighted by Crippen LogP contribution is -2.30. The highest BCUT2D eigenvalue weighted by Gasteiger charge is 2.19. The molecule has 0 saturated carbocycles. The first-order chi connectivity index (χ1) is 38.5. The fraction of sp³-hybridized carbons (Fsp3) is 0.792. The number of unbranched alkanes of at least 4 members (excludes halogenated alkanes) is 39. The molecule has 0 N–H and O–H groups in total. The average molecular weight is 1090 g/mol. The SMILES string of the molecule is CC/C=C\C/C=C\C/C=C\C/C=C\CCCCCCCCCCCCCCCCC(=O)OCC(COC(=O)CCCCCCCCCCCCCCCC)OC(=O)CCCCCCCCCCC/C=C\C/C=C\CCCCC. The number of hydrogen-bond donors (Lipinski definition) is 0. The van der Waals surface area contributed by atoms with Crippen LogP contribution in [0, 0.1) is 0 Å². The zero-order valence-electron chi connectivity index (χ0n) is 51.9. The molecule has 0 heterocycles. The Morgan fingerprint density at radius 3 is 0.808 bits per heavy atom. The van der Waals surface area contributed by atoms with Crippen LogP contribution in [0.25, 0.3) is 0 Å². The molecule has 0 aromatic carbocycles. The van der Waals surface area contributed by atoms with Crippen LogP contribution in [0.2, 0.25) is 0 Å². The van der Waals surface area contributed by atoms with Gasteiger partial charge < -0.3 is 14.2 Å². The standard InChI is InChI=1S/C72H128O6/c1-4-7-10-13-16-19-22-25-28-30-32-33-34-35-36-37-38-39-41-42-44-47-50-53-56-59-62-65-71(74)77-68-69(67-76-70(73)64-61-58-55-52-49-46-27-24-21-18-15-12-9-6-3)78-72(75)66-63-60-57-54-51-48-45-43-40-31-29-26-23-20-17-14-11-8-5-2/h7,10,16-17,19-20,25-26,28-29,32-33,69H,4-6,8-9,11-15,18,21-24,27,30-31,34-68H2,1-3H3/b10-7-,19-16-,20-17-,28-25-,29-26-,33-32-. The Bertz CT molecular complexity index is 1440. The van der Waals surface area contributed by atoms with Crippen LogP contribution in [0.15, 0.2) is 72.9 Å². The van der Waals surface area contributed by atoms with Gasteiger partial charge in [-0.2, -0.15) is 0 Å². The van der Waals surface area contributed by atoms with Crippen molar-refractivity contribution in [3.63, 3.8) is 0 Å². The third-order valence-electron chi connectivity index (χ3n) is 14.9. The summed E-state index contributed by atoms with van der Waals surface area (Å²) >= 11 is 0. The van der Waals surface area contributed by atoms with Crippen LogP contribution in [-0.2, 0) is 28.6 Å². The molecule has 78 heavy (non-hydrogen) atoms. The van der Waals surface area contributed by atoms with Gasteiger partial charge in [0.05, 0.1) is 0 Å². The smallest absolute Gasteiger partial charge is 0.306 e. The number of carbonyl (C=O) groups is 3. The Hall–Kier alpha value is -3.15. The Morgan fingerprint density at radius 1 is 0.269 bits per heavy atom.